The summed E-state index contributed by atoms with van der Waals surface area (Å²) in [5, 5.41) is 12.6. The quantitative estimate of drug-likeness (QED) is 0.0463. The Balaban J connectivity index is 1.04. The van der Waals surface area contributed by atoms with E-state index >= 15 is 0 Å². The van der Waals surface area contributed by atoms with Gasteiger partial charge in [0.05, 0.1) is 42.8 Å². The van der Waals surface area contributed by atoms with Gasteiger partial charge in [-0.15, -0.1) is 0 Å². The van der Waals surface area contributed by atoms with Crippen LogP contribution in [0.15, 0.2) is 96.0 Å². The molecule has 0 fully saturated rings. The highest BCUT2D eigenvalue weighted by atomic mass is 33.1. The molecule has 3 heterocycles. The molecular formula is C51H55N5O8S2. The average Bonchev–Trinajstić information content (AvgIpc) is 3.89. The first-order chi connectivity index (χ1) is 31.9. The normalized spacial score (nSPS) is 14.9. The van der Waals surface area contributed by atoms with Crippen LogP contribution in [0.25, 0.3) is 0 Å². The van der Waals surface area contributed by atoms with Crippen LogP contribution in [-0.2, 0) is 30.8 Å². The standard InChI is InChI=1S/C51H55N5O8S2/c1-51(2,66-65-19-11-16-48(57)58)31-54(4)36-21-32(29-63-46-26-40(52-3)38(24-44(46)61-5)49(59)55-18-17-34-12-7-9-14-42(34)55)20-33(22-36)30-64-47-27-41-39(25-45(47)62-6)50(60)56-37(28-53-41)23-35-13-8-10-15-43(35)56/h7-10,12-15,20-22,24-27,37,53H,3,11,16-19,23,28-31H2,1-2,4-6H3,(H,57,58)/t37-/m0/s1. The third-order valence-electron chi connectivity index (χ3n) is 12.0. The maximum absolute atomic E-state index is 14.1. The SMILES string of the molecule is C=Nc1cc(OCc2cc(COc3cc4c(cc3OC)C(=O)N3c5ccccc5C[C@H]3CN4)cc(N(C)CC(C)(C)SSCCCC(=O)O)c2)c(OC)cc1C(=O)N1CCc2ccccc21. The van der Waals surface area contributed by atoms with Crippen molar-refractivity contribution in [2.45, 2.75) is 63.5 Å². The first-order valence-corrected chi connectivity index (χ1v) is 24.3. The van der Waals surface area contributed by atoms with Gasteiger partial charge in [-0.1, -0.05) is 58.0 Å². The van der Waals surface area contributed by atoms with Gasteiger partial charge in [-0.3, -0.25) is 19.4 Å². The number of carbonyl (C=O) groups is 3. The van der Waals surface area contributed by atoms with E-state index in [2.05, 4.69) is 54.0 Å². The molecule has 5 aromatic rings. The van der Waals surface area contributed by atoms with Crippen molar-refractivity contribution in [3.8, 4) is 23.0 Å². The van der Waals surface area contributed by atoms with Crippen LogP contribution in [0.4, 0.5) is 28.4 Å². The summed E-state index contributed by atoms with van der Waals surface area (Å²) >= 11 is 0. The molecule has 0 radical (unpaired) electrons. The van der Waals surface area contributed by atoms with Crippen LogP contribution >= 0.6 is 21.6 Å². The van der Waals surface area contributed by atoms with Crippen LogP contribution < -0.4 is 39.0 Å². The minimum absolute atomic E-state index is 0.00921. The summed E-state index contributed by atoms with van der Waals surface area (Å²) in [5.74, 6) is 1.43. The van der Waals surface area contributed by atoms with Crippen molar-refractivity contribution in [1.29, 1.82) is 0 Å². The van der Waals surface area contributed by atoms with Gasteiger partial charge in [0.1, 0.15) is 13.2 Å². The number of aliphatic carboxylic acids is 1. The fourth-order valence-electron chi connectivity index (χ4n) is 8.85. The van der Waals surface area contributed by atoms with Crippen molar-refractivity contribution in [1.82, 2.24) is 0 Å². The number of carboxylic acid groups (broad SMARTS) is 1. The molecule has 15 heteroatoms. The Morgan fingerprint density at radius 2 is 1.56 bits per heavy atom. The molecule has 0 saturated heterocycles. The predicted octanol–water partition coefficient (Wildman–Crippen LogP) is 9.85. The highest BCUT2D eigenvalue weighted by Gasteiger charge is 2.38. The number of fused-ring (bicyclic) bond motifs is 5. The number of ether oxygens (including phenoxy) is 4. The summed E-state index contributed by atoms with van der Waals surface area (Å²) < 4.78 is 24.5. The lowest BCUT2D eigenvalue weighted by Crippen LogP contribution is -2.39. The van der Waals surface area contributed by atoms with Crippen LogP contribution in [0.2, 0.25) is 0 Å². The van der Waals surface area contributed by atoms with Crippen molar-refractivity contribution >= 4 is 74.5 Å². The predicted molar refractivity (Wildman–Crippen MR) is 266 cm³/mol. The largest absolute Gasteiger partial charge is 0.493 e. The zero-order valence-corrected chi connectivity index (χ0v) is 39.6. The number of aliphatic imine (C=N–C) groups is 1. The molecule has 2 N–H and O–H groups in total. The van der Waals surface area contributed by atoms with Gasteiger partial charge in [-0.25, -0.2) is 0 Å². The molecule has 8 rings (SSSR count). The monoisotopic (exact) mass is 929 g/mol. The molecule has 0 unspecified atom stereocenters. The first-order valence-electron chi connectivity index (χ1n) is 21.9. The fourth-order valence-corrected chi connectivity index (χ4v) is 11.5. The Hall–Kier alpha value is -6.32. The summed E-state index contributed by atoms with van der Waals surface area (Å²) in [7, 11) is 8.59. The number of hydrogen-bond donors (Lipinski definition) is 2. The molecule has 13 nitrogen and oxygen atoms in total. The Kier molecular flexibility index (Phi) is 14.0. The molecule has 344 valence electrons. The van der Waals surface area contributed by atoms with Gasteiger partial charge in [0, 0.05) is 72.8 Å². The average molecular weight is 930 g/mol. The number of methoxy groups -OCH3 is 2. The lowest BCUT2D eigenvalue weighted by Gasteiger charge is -2.31. The summed E-state index contributed by atoms with van der Waals surface area (Å²) in [6, 6.07) is 29.1. The number of carbonyl (C=O) groups excluding carboxylic acids is 2. The van der Waals surface area contributed by atoms with Crippen molar-refractivity contribution < 1.29 is 38.4 Å². The molecule has 0 aromatic heterocycles. The molecule has 0 aliphatic carbocycles. The zero-order chi connectivity index (χ0) is 46.5. The van der Waals surface area contributed by atoms with E-state index in [0.717, 1.165) is 57.9 Å². The van der Waals surface area contributed by atoms with E-state index in [0.29, 0.717) is 71.6 Å². The second-order valence-corrected chi connectivity index (χ2v) is 20.3. The molecule has 66 heavy (non-hydrogen) atoms. The second-order valence-electron chi connectivity index (χ2n) is 17.2. The second kappa shape index (κ2) is 20.0. The van der Waals surface area contributed by atoms with Crippen LogP contribution in [0.5, 0.6) is 23.0 Å². The number of rotatable bonds is 19. The highest BCUT2D eigenvalue weighted by molar-refractivity contribution is 8.77. The van der Waals surface area contributed by atoms with E-state index in [-0.39, 0.29) is 42.2 Å². The minimum atomic E-state index is -0.783. The van der Waals surface area contributed by atoms with Crippen LogP contribution in [-0.4, -0.2) is 87.1 Å². The van der Waals surface area contributed by atoms with E-state index in [1.807, 2.05) is 66.5 Å². The van der Waals surface area contributed by atoms with E-state index in [1.54, 1.807) is 58.9 Å². The number of hydrogen-bond acceptors (Lipinski definition) is 12. The van der Waals surface area contributed by atoms with Crippen molar-refractivity contribution in [2.75, 3.05) is 66.7 Å². The third-order valence-corrected chi connectivity index (χ3v) is 15.3. The maximum atomic E-state index is 14.1. The van der Waals surface area contributed by atoms with Crippen LogP contribution in [0.1, 0.15) is 69.7 Å². The zero-order valence-electron chi connectivity index (χ0n) is 37.9. The number of nitrogens with zero attached hydrogens (tertiary/aromatic N) is 4. The first kappa shape index (κ1) is 46.2. The number of amides is 2. The molecule has 0 bridgehead atoms. The summed E-state index contributed by atoms with van der Waals surface area (Å²) in [5.41, 5.74) is 8.74. The van der Waals surface area contributed by atoms with E-state index in [9.17, 15) is 14.4 Å². The van der Waals surface area contributed by atoms with Gasteiger partial charge < -0.3 is 44.1 Å². The molecule has 0 saturated carbocycles. The molecule has 3 aliphatic rings. The minimum Gasteiger partial charge on any atom is -0.493 e. The topological polar surface area (TPSA) is 142 Å². The van der Waals surface area contributed by atoms with E-state index in [1.165, 1.54) is 0 Å². The molecule has 1 atom stereocenters. The number of nitrogens with one attached hydrogen (secondary N) is 1. The molecule has 0 spiro atoms. The van der Waals surface area contributed by atoms with E-state index in [4.69, 9.17) is 24.1 Å². The molecule has 5 aromatic carbocycles. The van der Waals surface area contributed by atoms with Gasteiger partial charge in [-0.2, -0.15) is 0 Å². The summed E-state index contributed by atoms with van der Waals surface area (Å²) in [6.07, 6.45) is 2.32. The highest BCUT2D eigenvalue weighted by Crippen LogP contribution is 2.42. The Morgan fingerprint density at radius 1 is 0.894 bits per heavy atom. The Bertz CT molecular complexity index is 2660. The number of benzene rings is 5. The van der Waals surface area contributed by atoms with Crippen LogP contribution in [0, 0.1) is 0 Å². The van der Waals surface area contributed by atoms with Crippen molar-refractivity contribution in [2.24, 2.45) is 4.99 Å². The smallest absolute Gasteiger partial charge is 0.303 e. The number of anilines is 4. The lowest BCUT2D eigenvalue weighted by molar-refractivity contribution is -0.137. The Labute approximate surface area is 393 Å². The molecule has 3 aliphatic heterocycles. The van der Waals surface area contributed by atoms with Crippen molar-refractivity contribution in [3.05, 3.63) is 124 Å². The summed E-state index contributed by atoms with van der Waals surface area (Å²) in [6.45, 7) is 10.3. The molecule has 2 amide bonds. The van der Waals surface area contributed by atoms with E-state index < -0.39 is 5.97 Å². The number of carboxylic acids is 1. The fraction of sp³-hybridized carbons (Fsp3) is 0.333. The van der Waals surface area contributed by atoms with Gasteiger partial charge in [0.25, 0.3) is 11.8 Å². The van der Waals surface area contributed by atoms with Gasteiger partial charge in [0.2, 0.25) is 0 Å². The van der Waals surface area contributed by atoms with Crippen LogP contribution in [0.3, 0.4) is 0 Å². The van der Waals surface area contributed by atoms with Crippen molar-refractivity contribution in [3.63, 3.8) is 0 Å². The summed E-state index contributed by atoms with van der Waals surface area (Å²) in [4.78, 5) is 49.2. The van der Waals surface area contributed by atoms with Gasteiger partial charge in [0.15, 0.2) is 23.0 Å². The Morgan fingerprint density at radius 3 is 2.26 bits per heavy atom. The lowest BCUT2D eigenvalue weighted by atomic mass is 10.1. The molecular weight excluding hydrogens is 875 g/mol. The van der Waals surface area contributed by atoms with Gasteiger partial charge in [-0.05, 0) is 105 Å². The third kappa shape index (κ3) is 10.1. The number of para-hydroxylation sites is 2. The maximum Gasteiger partial charge on any atom is 0.303 e. The van der Waals surface area contributed by atoms with Gasteiger partial charge >= 0.3 is 5.97 Å².